The third-order valence-electron chi connectivity index (χ3n) is 4.45. The Kier molecular flexibility index (Phi) is 4.97. The standard InChI is InChI=1S/C21H19N5O2/c27-20-12-11-19(24-26(20)17-8-2-1-3-9-17)21(28)23-18-10-5-4-7-16(18)15-25-14-6-13-22-25/h1-10,13-14H,11-12,15H2,(H,23,28). The zero-order valence-electron chi connectivity index (χ0n) is 15.2. The molecule has 7 nitrogen and oxygen atoms in total. The number of hydrogen-bond acceptors (Lipinski definition) is 4. The number of hydrazone groups is 1. The summed E-state index contributed by atoms with van der Waals surface area (Å²) in [4.78, 5) is 25.0. The van der Waals surface area contributed by atoms with Crippen LogP contribution in [0.5, 0.6) is 0 Å². The highest BCUT2D eigenvalue weighted by Crippen LogP contribution is 2.21. The molecule has 2 heterocycles. The lowest BCUT2D eigenvalue weighted by Crippen LogP contribution is -2.36. The number of carbonyl (C=O) groups excluding carboxylic acids is 2. The largest absolute Gasteiger partial charge is 0.321 e. The fourth-order valence-corrected chi connectivity index (χ4v) is 3.03. The van der Waals surface area contributed by atoms with Crippen molar-refractivity contribution >= 4 is 28.9 Å². The molecule has 0 saturated heterocycles. The van der Waals surface area contributed by atoms with Gasteiger partial charge < -0.3 is 5.32 Å². The van der Waals surface area contributed by atoms with E-state index in [0.29, 0.717) is 30.1 Å². The van der Waals surface area contributed by atoms with Crippen molar-refractivity contribution in [3.05, 3.63) is 78.6 Å². The van der Waals surface area contributed by atoms with Crippen LogP contribution in [0, 0.1) is 0 Å². The minimum Gasteiger partial charge on any atom is -0.321 e. The minimum atomic E-state index is -0.304. The van der Waals surface area contributed by atoms with Crippen LogP contribution in [-0.4, -0.2) is 27.3 Å². The summed E-state index contributed by atoms with van der Waals surface area (Å²) in [6.07, 6.45) is 4.14. The van der Waals surface area contributed by atoms with Crippen molar-refractivity contribution in [1.82, 2.24) is 9.78 Å². The third kappa shape index (κ3) is 3.83. The summed E-state index contributed by atoms with van der Waals surface area (Å²) >= 11 is 0. The predicted molar refractivity (Wildman–Crippen MR) is 107 cm³/mol. The van der Waals surface area contributed by atoms with Crippen molar-refractivity contribution in [2.75, 3.05) is 10.3 Å². The Morgan fingerprint density at radius 2 is 1.79 bits per heavy atom. The molecule has 2 aromatic carbocycles. The zero-order chi connectivity index (χ0) is 19.3. The van der Waals surface area contributed by atoms with E-state index in [1.54, 1.807) is 23.0 Å². The highest BCUT2D eigenvalue weighted by molar-refractivity contribution is 6.44. The second-order valence-corrected chi connectivity index (χ2v) is 6.40. The summed E-state index contributed by atoms with van der Waals surface area (Å²) in [6, 6.07) is 18.5. The molecule has 0 fully saturated rings. The number of anilines is 2. The molecule has 0 bridgehead atoms. The number of carbonyl (C=O) groups is 2. The number of nitrogens with zero attached hydrogens (tertiary/aromatic N) is 4. The Labute approximate surface area is 162 Å². The molecule has 1 N–H and O–H groups in total. The Bertz CT molecular complexity index is 1010. The Balaban J connectivity index is 1.55. The molecule has 2 amide bonds. The SMILES string of the molecule is O=C(Nc1ccccc1Cn1cccn1)C1=NN(c2ccccc2)C(=O)CC1. The summed E-state index contributed by atoms with van der Waals surface area (Å²) in [5.41, 5.74) is 2.62. The summed E-state index contributed by atoms with van der Waals surface area (Å²) in [7, 11) is 0. The molecule has 1 aromatic heterocycles. The molecule has 0 unspecified atom stereocenters. The predicted octanol–water partition coefficient (Wildman–Crippen LogP) is 3.05. The first-order chi connectivity index (χ1) is 13.7. The van der Waals surface area contributed by atoms with Crippen molar-refractivity contribution < 1.29 is 9.59 Å². The van der Waals surface area contributed by atoms with Gasteiger partial charge in [-0.1, -0.05) is 36.4 Å². The third-order valence-corrected chi connectivity index (χ3v) is 4.45. The summed E-state index contributed by atoms with van der Waals surface area (Å²) in [6.45, 7) is 0.546. The van der Waals surface area contributed by atoms with E-state index in [1.807, 2.05) is 54.7 Å². The molecule has 28 heavy (non-hydrogen) atoms. The van der Waals surface area contributed by atoms with Gasteiger partial charge in [-0.3, -0.25) is 14.3 Å². The van der Waals surface area contributed by atoms with Crippen LogP contribution in [-0.2, 0) is 16.1 Å². The van der Waals surface area contributed by atoms with Gasteiger partial charge in [0.05, 0.1) is 12.2 Å². The number of benzene rings is 2. The van der Waals surface area contributed by atoms with Crippen LogP contribution in [0.4, 0.5) is 11.4 Å². The smallest absolute Gasteiger partial charge is 0.271 e. The molecule has 1 aliphatic heterocycles. The monoisotopic (exact) mass is 373 g/mol. The maximum atomic E-state index is 12.8. The molecular weight excluding hydrogens is 354 g/mol. The van der Waals surface area contributed by atoms with E-state index in [-0.39, 0.29) is 18.2 Å². The lowest BCUT2D eigenvalue weighted by atomic mass is 10.1. The average molecular weight is 373 g/mol. The molecule has 3 aromatic rings. The first-order valence-corrected chi connectivity index (χ1v) is 9.03. The lowest BCUT2D eigenvalue weighted by Gasteiger charge is -2.23. The zero-order valence-corrected chi connectivity index (χ0v) is 15.2. The molecular formula is C21H19N5O2. The summed E-state index contributed by atoms with van der Waals surface area (Å²) in [5, 5.41) is 12.7. The van der Waals surface area contributed by atoms with E-state index in [1.165, 1.54) is 5.01 Å². The van der Waals surface area contributed by atoms with Crippen molar-refractivity contribution in [3.63, 3.8) is 0 Å². The van der Waals surface area contributed by atoms with E-state index in [2.05, 4.69) is 15.5 Å². The number of amides is 2. The molecule has 7 heteroatoms. The molecule has 0 spiro atoms. The van der Waals surface area contributed by atoms with Gasteiger partial charge in [0.2, 0.25) is 5.91 Å². The quantitative estimate of drug-likeness (QED) is 0.746. The number of nitrogens with one attached hydrogen (secondary N) is 1. The van der Waals surface area contributed by atoms with E-state index >= 15 is 0 Å². The number of rotatable bonds is 5. The van der Waals surface area contributed by atoms with E-state index in [4.69, 9.17) is 0 Å². The second-order valence-electron chi connectivity index (χ2n) is 6.40. The molecule has 1 aliphatic rings. The van der Waals surface area contributed by atoms with Crippen LogP contribution in [0.1, 0.15) is 18.4 Å². The number of aromatic nitrogens is 2. The van der Waals surface area contributed by atoms with E-state index < -0.39 is 0 Å². The van der Waals surface area contributed by atoms with Gasteiger partial charge in [0.15, 0.2) is 0 Å². The molecule has 0 radical (unpaired) electrons. The second kappa shape index (κ2) is 7.87. The van der Waals surface area contributed by atoms with Crippen LogP contribution in [0.3, 0.4) is 0 Å². The fraction of sp³-hybridized carbons (Fsp3) is 0.143. The van der Waals surface area contributed by atoms with Gasteiger partial charge in [-0.2, -0.15) is 10.2 Å². The van der Waals surface area contributed by atoms with Gasteiger partial charge in [0, 0.05) is 30.9 Å². The van der Waals surface area contributed by atoms with Crippen molar-refractivity contribution in [2.45, 2.75) is 19.4 Å². The Hall–Kier alpha value is -3.74. The van der Waals surface area contributed by atoms with Gasteiger partial charge in [-0.05, 0) is 29.8 Å². The lowest BCUT2D eigenvalue weighted by molar-refractivity contribution is -0.118. The molecule has 0 atom stereocenters. The first-order valence-electron chi connectivity index (χ1n) is 9.03. The molecule has 140 valence electrons. The van der Waals surface area contributed by atoms with Crippen LogP contribution in [0.15, 0.2) is 78.2 Å². The Morgan fingerprint density at radius 3 is 2.57 bits per heavy atom. The van der Waals surface area contributed by atoms with E-state index in [9.17, 15) is 9.59 Å². The number of hydrogen-bond donors (Lipinski definition) is 1. The maximum Gasteiger partial charge on any atom is 0.271 e. The van der Waals surface area contributed by atoms with Gasteiger partial charge in [0.1, 0.15) is 5.71 Å². The maximum absolute atomic E-state index is 12.8. The average Bonchev–Trinajstić information content (AvgIpc) is 3.23. The van der Waals surface area contributed by atoms with Crippen molar-refractivity contribution in [1.29, 1.82) is 0 Å². The normalized spacial score (nSPS) is 13.9. The summed E-state index contributed by atoms with van der Waals surface area (Å²) < 4.78 is 1.79. The van der Waals surface area contributed by atoms with Crippen molar-refractivity contribution in [2.24, 2.45) is 5.10 Å². The van der Waals surface area contributed by atoms with Crippen LogP contribution >= 0.6 is 0 Å². The molecule has 0 aliphatic carbocycles. The number of para-hydroxylation sites is 2. The molecule has 0 saturated carbocycles. The van der Waals surface area contributed by atoms with Gasteiger partial charge in [-0.25, -0.2) is 5.01 Å². The van der Waals surface area contributed by atoms with Gasteiger partial charge in [-0.15, -0.1) is 0 Å². The van der Waals surface area contributed by atoms with Crippen LogP contribution in [0.2, 0.25) is 0 Å². The summed E-state index contributed by atoms with van der Waals surface area (Å²) in [5.74, 6) is -0.428. The highest BCUT2D eigenvalue weighted by atomic mass is 16.2. The minimum absolute atomic E-state index is 0.123. The first kappa shape index (κ1) is 17.7. The van der Waals surface area contributed by atoms with Crippen LogP contribution < -0.4 is 10.3 Å². The topological polar surface area (TPSA) is 79.6 Å². The van der Waals surface area contributed by atoms with Gasteiger partial charge in [0.25, 0.3) is 5.91 Å². The van der Waals surface area contributed by atoms with Gasteiger partial charge >= 0.3 is 0 Å². The Morgan fingerprint density at radius 1 is 1.00 bits per heavy atom. The van der Waals surface area contributed by atoms with Crippen LogP contribution in [0.25, 0.3) is 0 Å². The van der Waals surface area contributed by atoms with Crippen molar-refractivity contribution in [3.8, 4) is 0 Å². The highest BCUT2D eigenvalue weighted by Gasteiger charge is 2.25. The molecule has 4 rings (SSSR count). The fourth-order valence-electron chi connectivity index (χ4n) is 3.03. The van der Waals surface area contributed by atoms with E-state index in [0.717, 1.165) is 5.56 Å².